The van der Waals surface area contributed by atoms with Crippen molar-refractivity contribution < 1.29 is 4.79 Å². The van der Waals surface area contributed by atoms with Crippen LogP contribution < -0.4 is 16.2 Å². The third-order valence-corrected chi connectivity index (χ3v) is 2.74. The Morgan fingerprint density at radius 3 is 2.74 bits per heavy atom. The predicted molar refractivity (Wildman–Crippen MR) is 74.2 cm³/mol. The van der Waals surface area contributed by atoms with E-state index in [0.717, 1.165) is 0 Å². The van der Waals surface area contributed by atoms with Crippen LogP contribution >= 0.6 is 0 Å². The minimum absolute atomic E-state index is 0.0301. The second-order valence-corrected chi connectivity index (χ2v) is 4.59. The fraction of sp³-hybridized carbons (Fsp3) is 0.583. The lowest BCUT2D eigenvalue weighted by atomic mass is 10.3. The predicted octanol–water partition coefficient (Wildman–Crippen LogP) is -0.443. The first-order valence-electron chi connectivity index (χ1n) is 6.16. The van der Waals surface area contributed by atoms with Crippen LogP contribution in [0.5, 0.6) is 0 Å². The minimum atomic E-state index is -0.194. The van der Waals surface area contributed by atoms with Gasteiger partial charge in [0.25, 0.3) is 5.56 Å². The van der Waals surface area contributed by atoms with E-state index in [4.69, 9.17) is 0 Å². The SMILES string of the molecule is Cc1cc(=O)[nH]c(NCCNC(=O)C(C)N(C)C)n1. The molecule has 7 nitrogen and oxygen atoms in total. The minimum Gasteiger partial charge on any atom is -0.354 e. The highest BCUT2D eigenvalue weighted by atomic mass is 16.2. The van der Waals surface area contributed by atoms with E-state index in [-0.39, 0.29) is 17.5 Å². The van der Waals surface area contributed by atoms with Crippen molar-refractivity contribution in [2.75, 3.05) is 32.5 Å². The Kier molecular flexibility index (Phi) is 5.50. The van der Waals surface area contributed by atoms with Gasteiger partial charge in [-0.25, -0.2) is 4.98 Å². The molecule has 1 aromatic heterocycles. The van der Waals surface area contributed by atoms with Crippen molar-refractivity contribution in [3.63, 3.8) is 0 Å². The molecule has 1 aromatic rings. The van der Waals surface area contributed by atoms with E-state index >= 15 is 0 Å². The number of aryl methyl sites for hydroxylation is 1. The van der Waals surface area contributed by atoms with Gasteiger partial charge < -0.3 is 10.6 Å². The highest BCUT2D eigenvalue weighted by Gasteiger charge is 2.13. The summed E-state index contributed by atoms with van der Waals surface area (Å²) >= 11 is 0. The highest BCUT2D eigenvalue weighted by Crippen LogP contribution is 1.94. The highest BCUT2D eigenvalue weighted by molar-refractivity contribution is 5.81. The number of carbonyl (C=O) groups is 1. The summed E-state index contributed by atoms with van der Waals surface area (Å²) in [5.41, 5.74) is 0.455. The first-order chi connectivity index (χ1) is 8.90. The first-order valence-corrected chi connectivity index (χ1v) is 6.16. The number of nitrogens with zero attached hydrogens (tertiary/aromatic N) is 2. The van der Waals surface area contributed by atoms with E-state index in [1.54, 1.807) is 6.92 Å². The van der Waals surface area contributed by atoms with Crippen LogP contribution in [-0.2, 0) is 4.79 Å². The molecular weight excluding hydrogens is 246 g/mol. The van der Waals surface area contributed by atoms with Gasteiger partial charge >= 0.3 is 0 Å². The average molecular weight is 267 g/mol. The lowest BCUT2D eigenvalue weighted by Crippen LogP contribution is -2.42. The molecule has 19 heavy (non-hydrogen) atoms. The summed E-state index contributed by atoms with van der Waals surface area (Å²) in [5, 5.41) is 5.76. The summed E-state index contributed by atoms with van der Waals surface area (Å²) in [6.45, 7) is 4.55. The average Bonchev–Trinajstić information content (AvgIpc) is 2.32. The maximum Gasteiger partial charge on any atom is 0.252 e. The largest absolute Gasteiger partial charge is 0.354 e. The van der Waals surface area contributed by atoms with Crippen LogP contribution in [0.1, 0.15) is 12.6 Å². The van der Waals surface area contributed by atoms with Gasteiger partial charge in [0.15, 0.2) is 0 Å². The smallest absolute Gasteiger partial charge is 0.252 e. The van der Waals surface area contributed by atoms with Crippen LogP contribution in [-0.4, -0.2) is 54.0 Å². The van der Waals surface area contributed by atoms with Crippen molar-refractivity contribution in [1.82, 2.24) is 20.2 Å². The molecule has 3 N–H and O–H groups in total. The molecule has 0 aliphatic rings. The zero-order valence-corrected chi connectivity index (χ0v) is 11.8. The van der Waals surface area contributed by atoms with E-state index in [1.165, 1.54) is 6.07 Å². The van der Waals surface area contributed by atoms with Gasteiger partial charge in [0.2, 0.25) is 11.9 Å². The number of hydrogen-bond acceptors (Lipinski definition) is 5. The number of carbonyl (C=O) groups excluding carboxylic acids is 1. The van der Waals surface area contributed by atoms with Crippen LogP contribution in [0.25, 0.3) is 0 Å². The topological polar surface area (TPSA) is 90.1 Å². The van der Waals surface area contributed by atoms with Gasteiger partial charge in [-0.15, -0.1) is 0 Å². The number of H-pyrrole nitrogens is 1. The van der Waals surface area contributed by atoms with E-state index in [2.05, 4.69) is 20.6 Å². The lowest BCUT2D eigenvalue weighted by molar-refractivity contribution is -0.124. The van der Waals surface area contributed by atoms with Crippen molar-refractivity contribution in [3.05, 3.63) is 22.1 Å². The van der Waals surface area contributed by atoms with Crippen LogP contribution in [0.15, 0.2) is 10.9 Å². The molecule has 1 heterocycles. The summed E-state index contributed by atoms with van der Waals surface area (Å²) in [4.78, 5) is 31.4. The van der Waals surface area contributed by atoms with Gasteiger partial charge in [-0.3, -0.25) is 19.5 Å². The summed E-state index contributed by atoms with van der Waals surface area (Å²) in [6.07, 6.45) is 0. The molecule has 0 spiro atoms. The van der Waals surface area contributed by atoms with Crippen LogP contribution in [0.2, 0.25) is 0 Å². The molecule has 0 aliphatic heterocycles. The second kappa shape index (κ2) is 6.89. The van der Waals surface area contributed by atoms with Gasteiger partial charge in [-0.1, -0.05) is 0 Å². The molecule has 0 aromatic carbocycles. The summed E-state index contributed by atoms with van der Waals surface area (Å²) in [6, 6.07) is 1.25. The Labute approximate surface area is 112 Å². The van der Waals surface area contributed by atoms with E-state index in [0.29, 0.717) is 24.7 Å². The first kappa shape index (κ1) is 15.2. The van der Waals surface area contributed by atoms with Crippen LogP contribution in [0.4, 0.5) is 5.95 Å². The molecule has 7 heteroatoms. The maximum absolute atomic E-state index is 11.7. The summed E-state index contributed by atoms with van der Waals surface area (Å²) < 4.78 is 0. The van der Waals surface area contributed by atoms with Gasteiger partial charge in [-0.05, 0) is 27.9 Å². The van der Waals surface area contributed by atoms with Crippen molar-refractivity contribution in [2.45, 2.75) is 19.9 Å². The maximum atomic E-state index is 11.7. The monoisotopic (exact) mass is 267 g/mol. The normalized spacial score (nSPS) is 12.3. The molecule has 0 saturated carbocycles. The van der Waals surface area contributed by atoms with Gasteiger partial charge in [0.05, 0.1) is 6.04 Å². The van der Waals surface area contributed by atoms with Crippen LogP contribution in [0.3, 0.4) is 0 Å². The number of aromatic amines is 1. The summed E-state index contributed by atoms with van der Waals surface area (Å²) in [5.74, 6) is 0.386. The fourth-order valence-electron chi connectivity index (χ4n) is 1.41. The molecule has 0 bridgehead atoms. The molecule has 1 amide bonds. The van der Waals surface area contributed by atoms with Crippen molar-refractivity contribution in [1.29, 1.82) is 0 Å². The van der Waals surface area contributed by atoms with Crippen molar-refractivity contribution >= 4 is 11.9 Å². The zero-order chi connectivity index (χ0) is 14.4. The van der Waals surface area contributed by atoms with E-state index in [9.17, 15) is 9.59 Å². The number of nitrogens with one attached hydrogen (secondary N) is 3. The molecular formula is C12H21N5O2. The zero-order valence-electron chi connectivity index (χ0n) is 11.8. The Morgan fingerprint density at radius 2 is 2.16 bits per heavy atom. The third kappa shape index (κ3) is 5.09. The number of amides is 1. The number of anilines is 1. The third-order valence-electron chi connectivity index (χ3n) is 2.74. The van der Waals surface area contributed by atoms with Crippen molar-refractivity contribution in [3.8, 4) is 0 Å². The lowest BCUT2D eigenvalue weighted by Gasteiger charge is -2.18. The Morgan fingerprint density at radius 1 is 1.47 bits per heavy atom. The van der Waals surface area contributed by atoms with Gasteiger partial charge in [-0.2, -0.15) is 0 Å². The molecule has 0 radical (unpaired) electrons. The fourth-order valence-corrected chi connectivity index (χ4v) is 1.41. The quantitative estimate of drug-likeness (QED) is 0.608. The number of rotatable bonds is 6. The number of hydrogen-bond donors (Lipinski definition) is 3. The standard InChI is InChI=1S/C12H21N5O2/c1-8-7-10(18)16-12(15-8)14-6-5-13-11(19)9(2)17(3)4/h7,9H,5-6H2,1-4H3,(H,13,19)(H2,14,15,16,18). The van der Waals surface area contributed by atoms with Crippen LogP contribution in [0, 0.1) is 6.92 Å². The molecule has 1 rings (SSSR count). The van der Waals surface area contributed by atoms with Gasteiger partial charge in [0, 0.05) is 24.8 Å². The Bertz CT molecular complexity index is 483. The number of likely N-dealkylation sites (N-methyl/N-ethyl adjacent to an activating group) is 1. The van der Waals surface area contributed by atoms with E-state index < -0.39 is 0 Å². The van der Waals surface area contributed by atoms with E-state index in [1.807, 2.05) is 25.9 Å². The Balaban J connectivity index is 2.35. The van der Waals surface area contributed by atoms with Crippen molar-refractivity contribution in [2.24, 2.45) is 0 Å². The summed E-state index contributed by atoms with van der Waals surface area (Å²) in [7, 11) is 3.70. The molecule has 0 fully saturated rings. The van der Waals surface area contributed by atoms with Gasteiger partial charge in [0.1, 0.15) is 0 Å². The molecule has 106 valence electrons. The Hall–Kier alpha value is -1.89. The molecule has 1 atom stereocenters. The molecule has 0 aliphatic carbocycles. The molecule has 0 saturated heterocycles. The number of aromatic nitrogens is 2. The second-order valence-electron chi connectivity index (χ2n) is 4.59. The molecule has 1 unspecified atom stereocenters.